The molecule has 1 unspecified atom stereocenters. The van der Waals surface area contributed by atoms with Crippen molar-refractivity contribution in [3.8, 4) is 11.4 Å². The van der Waals surface area contributed by atoms with E-state index in [1.165, 1.54) is 10.4 Å². The molecule has 4 nitrogen and oxygen atoms in total. The van der Waals surface area contributed by atoms with Crippen LogP contribution in [-0.4, -0.2) is 20.1 Å². The zero-order valence-electron chi connectivity index (χ0n) is 16.2. The fourth-order valence-electron chi connectivity index (χ4n) is 3.01. The van der Waals surface area contributed by atoms with Crippen LogP contribution in [0.25, 0.3) is 16.7 Å². The molecule has 0 saturated carbocycles. The van der Waals surface area contributed by atoms with Gasteiger partial charge in [0.1, 0.15) is 22.5 Å². The summed E-state index contributed by atoms with van der Waals surface area (Å²) in [6, 6.07) is 9.52. The molecule has 3 rings (SSSR count). The Labute approximate surface area is 159 Å². The van der Waals surface area contributed by atoms with Crippen LogP contribution in [0.5, 0.6) is 5.75 Å². The second kappa shape index (κ2) is 6.58. The molecule has 0 saturated heterocycles. The summed E-state index contributed by atoms with van der Waals surface area (Å²) in [5, 5.41) is 20.7. The quantitative estimate of drug-likeness (QED) is 0.629. The third-order valence-corrected chi connectivity index (χ3v) is 5.24. The lowest BCUT2D eigenvalue weighted by molar-refractivity contribution is 0.438. The smallest absolute Gasteiger partial charge is 0.146 e. The van der Waals surface area contributed by atoms with E-state index in [4.69, 9.17) is 11.6 Å². The lowest BCUT2D eigenvalue weighted by Gasteiger charge is -2.25. The van der Waals surface area contributed by atoms with Crippen LogP contribution in [-0.2, 0) is 5.41 Å². The number of benzene rings is 2. The van der Waals surface area contributed by atoms with Gasteiger partial charge in [0.25, 0.3) is 0 Å². The number of rotatable bonds is 3. The highest BCUT2D eigenvalue weighted by Gasteiger charge is 2.25. The average molecular weight is 372 g/mol. The van der Waals surface area contributed by atoms with Gasteiger partial charge in [-0.3, -0.25) is 0 Å². The van der Waals surface area contributed by atoms with Crippen molar-refractivity contribution in [2.24, 2.45) is 5.92 Å². The summed E-state index contributed by atoms with van der Waals surface area (Å²) in [6.07, 6.45) is 0. The summed E-state index contributed by atoms with van der Waals surface area (Å²) in [7, 11) is 0. The first-order chi connectivity index (χ1) is 12.1. The van der Waals surface area contributed by atoms with Crippen molar-refractivity contribution in [3.05, 3.63) is 46.5 Å². The monoisotopic (exact) mass is 371 g/mol. The minimum atomic E-state index is -0.193. The zero-order valence-corrected chi connectivity index (χ0v) is 17.0. The minimum absolute atomic E-state index is 0.193. The highest BCUT2D eigenvalue weighted by atomic mass is 35.5. The molecule has 0 radical (unpaired) electrons. The van der Waals surface area contributed by atoms with Crippen molar-refractivity contribution in [2.45, 2.75) is 52.9 Å². The maximum atomic E-state index is 11.0. The number of phenols is 1. The molecule has 1 atom stereocenters. The van der Waals surface area contributed by atoms with Crippen LogP contribution >= 0.6 is 11.6 Å². The lowest BCUT2D eigenvalue weighted by atomic mass is 9.81. The van der Waals surface area contributed by atoms with Gasteiger partial charge in [-0.05, 0) is 47.1 Å². The Balaban J connectivity index is 2.25. The highest BCUT2D eigenvalue weighted by molar-refractivity contribution is 6.31. The third-order valence-electron chi connectivity index (χ3n) is 5.00. The summed E-state index contributed by atoms with van der Waals surface area (Å²) >= 11 is 6.07. The predicted octanol–water partition coefficient (Wildman–Crippen LogP) is 5.84. The Morgan fingerprint density at radius 2 is 1.65 bits per heavy atom. The molecule has 0 aliphatic rings. The van der Waals surface area contributed by atoms with Gasteiger partial charge in [-0.2, -0.15) is 0 Å². The standard InChI is InChI=1S/C21H26ClN3O/c1-12(2)13(3)14-9-16(21(4,5)6)20(26)19(10-14)25-23-17-8-7-15(22)11-18(17)24-25/h7-13,26H,1-6H3. The Bertz CT molecular complexity index is 954. The molecule has 0 aliphatic carbocycles. The maximum absolute atomic E-state index is 11.0. The molecule has 138 valence electrons. The average Bonchev–Trinajstić information content (AvgIpc) is 2.95. The van der Waals surface area contributed by atoms with E-state index in [-0.39, 0.29) is 11.2 Å². The van der Waals surface area contributed by atoms with Gasteiger partial charge in [0, 0.05) is 10.6 Å². The number of halogens is 1. The summed E-state index contributed by atoms with van der Waals surface area (Å²) in [5.41, 5.74) is 3.94. The molecule has 26 heavy (non-hydrogen) atoms. The largest absolute Gasteiger partial charge is 0.505 e. The molecule has 0 bridgehead atoms. The fourth-order valence-corrected chi connectivity index (χ4v) is 3.17. The lowest BCUT2D eigenvalue weighted by Crippen LogP contribution is -2.15. The van der Waals surface area contributed by atoms with Crippen LogP contribution in [0.4, 0.5) is 0 Å². The first-order valence-electron chi connectivity index (χ1n) is 8.98. The zero-order chi connectivity index (χ0) is 19.2. The van der Waals surface area contributed by atoms with E-state index in [1.807, 2.05) is 12.1 Å². The molecule has 3 aromatic rings. The van der Waals surface area contributed by atoms with Gasteiger partial charge < -0.3 is 5.11 Å². The SMILES string of the molecule is CC(C)C(C)c1cc(-n2nc3ccc(Cl)cc3n2)c(O)c(C(C)(C)C)c1. The first kappa shape index (κ1) is 18.7. The number of nitrogens with zero attached hydrogens (tertiary/aromatic N) is 3. The fraction of sp³-hybridized carbons (Fsp3) is 0.429. The van der Waals surface area contributed by atoms with Gasteiger partial charge in [-0.1, -0.05) is 59.2 Å². The summed E-state index contributed by atoms with van der Waals surface area (Å²) in [6.45, 7) is 12.9. The second-order valence-corrected chi connectivity index (χ2v) is 8.78. The third kappa shape index (κ3) is 3.43. The molecular formula is C21H26ClN3O. The Morgan fingerprint density at radius 1 is 1.00 bits per heavy atom. The topological polar surface area (TPSA) is 50.9 Å². The molecule has 1 aromatic heterocycles. The molecule has 0 aliphatic heterocycles. The second-order valence-electron chi connectivity index (χ2n) is 8.34. The van der Waals surface area contributed by atoms with E-state index < -0.39 is 0 Å². The summed E-state index contributed by atoms with van der Waals surface area (Å²) in [5.74, 6) is 1.07. The Morgan fingerprint density at radius 3 is 2.27 bits per heavy atom. The van der Waals surface area contributed by atoms with Crippen molar-refractivity contribution in [1.29, 1.82) is 0 Å². The number of phenolic OH excluding ortho intramolecular Hbond substituents is 1. The van der Waals surface area contributed by atoms with Crippen LogP contribution in [0.15, 0.2) is 30.3 Å². The summed E-state index contributed by atoms with van der Waals surface area (Å²) in [4.78, 5) is 1.52. The molecule has 1 N–H and O–H groups in total. The highest BCUT2D eigenvalue weighted by Crippen LogP contribution is 2.39. The normalized spacial score (nSPS) is 13.5. The maximum Gasteiger partial charge on any atom is 0.146 e. The van der Waals surface area contributed by atoms with E-state index in [2.05, 4.69) is 57.8 Å². The molecule has 1 heterocycles. The van der Waals surface area contributed by atoms with E-state index >= 15 is 0 Å². The molecule has 5 heteroatoms. The number of hydrogen-bond acceptors (Lipinski definition) is 3. The van der Waals surface area contributed by atoms with Crippen LogP contribution in [0.1, 0.15) is 58.6 Å². The molecule has 0 fully saturated rings. The number of aromatic hydroxyl groups is 1. The molecule has 0 amide bonds. The summed E-state index contributed by atoms with van der Waals surface area (Å²) < 4.78 is 0. The van der Waals surface area contributed by atoms with Gasteiger partial charge >= 0.3 is 0 Å². The predicted molar refractivity (Wildman–Crippen MR) is 107 cm³/mol. The first-order valence-corrected chi connectivity index (χ1v) is 9.36. The van der Waals surface area contributed by atoms with E-state index in [0.29, 0.717) is 28.1 Å². The Hall–Kier alpha value is -2.07. The molecule has 2 aromatic carbocycles. The van der Waals surface area contributed by atoms with Gasteiger partial charge in [0.05, 0.1) is 0 Å². The van der Waals surface area contributed by atoms with Gasteiger partial charge in [-0.25, -0.2) is 0 Å². The molecular weight excluding hydrogens is 346 g/mol. The van der Waals surface area contributed by atoms with Crippen molar-refractivity contribution in [2.75, 3.05) is 0 Å². The van der Waals surface area contributed by atoms with Crippen LogP contribution in [0.2, 0.25) is 5.02 Å². The number of fused-ring (bicyclic) bond motifs is 1. The number of hydrogen-bond donors (Lipinski definition) is 1. The van der Waals surface area contributed by atoms with Gasteiger partial charge in [-0.15, -0.1) is 15.0 Å². The van der Waals surface area contributed by atoms with E-state index in [0.717, 1.165) is 11.1 Å². The van der Waals surface area contributed by atoms with Crippen LogP contribution in [0, 0.1) is 5.92 Å². The van der Waals surface area contributed by atoms with Gasteiger partial charge in [0.2, 0.25) is 0 Å². The van der Waals surface area contributed by atoms with Crippen LogP contribution in [0.3, 0.4) is 0 Å². The molecule has 0 spiro atoms. The van der Waals surface area contributed by atoms with Crippen molar-refractivity contribution in [3.63, 3.8) is 0 Å². The minimum Gasteiger partial charge on any atom is -0.505 e. The van der Waals surface area contributed by atoms with E-state index in [9.17, 15) is 5.11 Å². The van der Waals surface area contributed by atoms with E-state index in [1.54, 1.807) is 12.1 Å². The van der Waals surface area contributed by atoms with Crippen molar-refractivity contribution >= 4 is 22.6 Å². The van der Waals surface area contributed by atoms with Gasteiger partial charge in [0.15, 0.2) is 0 Å². The van der Waals surface area contributed by atoms with Crippen molar-refractivity contribution in [1.82, 2.24) is 15.0 Å². The Kier molecular flexibility index (Phi) is 4.74. The van der Waals surface area contributed by atoms with Crippen LogP contribution < -0.4 is 0 Å². The van der Waals surface area contributed by atoms with Crippen molar-refractivity contribution < 1.29 is 5.11 Å². The number of aromatic nitrogens is 3.